The third-order valence-corrected chi connectivity index (χ3v) is 5.90. The van der Waals surface area contributed by atoms with Gasteiger partial charge < -0.3 is 42.0 Å². The summed E-state index contributed by atoms with van der Waals surface area (Å²) in [7, 11) is 0. The molecule has 0 aliphatic rings. The molecule has 39 heavy (non-hydrogen) atoms. The highest BCUT2D eigenvalue weighted by atomic mass is 16.4. The highest BCUT2D eigenvalue weighted by Crippen LogP contribution is 2.19. The minimum absolute atomic E-state index is 0.000387. The first kappa shape index (κ1) is 28.7. The summed E-state index contributed by atoms with van der Waals surface area (Å²) in [5, 5.41) is 35.9. The summed E-state index contributed by atoms with van der Waals surface area (Å²) >= 11 is 0. The number of nitrogens with two attached hydrogens (primary N) is 1. The van der Waals surface area contributed by atoms with E-state index in [-0.39, 0.29) is 18.6 Å². The summed E-state index contributed by atoms with van der Waals surface area (Å²) in [4.78, 5) is 63.6. The fourth-order valence-electron chi connectivity index (χ4n) is 3.89. The second kappa shape index (κ2) is 13.1. The number of aromatic hydroxyl groups is 1. The lowest BCUT2D eigenvalue weighted by atomic mass is 10.0. The highest BCUT2D eigenvalue weighted by molar-refractivity contribution is 5.94. The van der Waals surface area contributed by atoms with Crippen LogP contribution in [-0.4, -0.2) is 74.6 Å². The second-order valence-corrected chi connectivity index (χ2v) is 8.88. The Morgan fingerprint density at radius 1 is 0.872 bits per heavy atom. The molecule has 0 fully saturated rings. The SMILES string of the molecule is NC(CC(=O)O)C(=O)NCC(=O)NC(Cc1c[nH]c2ccccc12)C(=O)NC(Cc1ccc(O)cc1)C(=O)O. The number of H-pyrrole nitrogens is 1. The predicted molar refractivity (Wildman–Crippen MR) is 139 cm³/mol. The monoisotopic (exact) mass is 539 g/mol. The zero-order chi connectivity index (χ0) is 28.5. The molecule has 13 nitrogen and oxygen atoms in total. The Balaban J connectivity index is 1.74. The molecular weight excluding hydrogens is 510 g/mol. The lowest BCUT2D eigenvalue weighted by molar-refractivity contribution is -0.142. The lowest BCUT2D eigenvalue weighted by Gasteiger charge is -2.22. The smallest absolute Gasteiger partial charge is 0.326 e. The van der Waals surface area contributed by atoms with Gasteiger partial charge >= 0.3 is 11.9 Å². The summed E-state index contributed by atoms with van der Waals surface area (Å²) in [6.07, 6.45) is 0.970. The molecule has 0 radical (unpaired) electrons. The summed E-state index contributed by atoms with van der Waals surface area (Å²) < 4.78 is 0. The molecule has 0 aliphatic carbocycles. The molecule has 3 aromatic rings. The molecule has 2 aromatic carbocycles. The number of aliphatic carboxylic acids is 2. The largest absolute Gasteiger partial charge is 0.508 e. The number of phenols is 1. The van der Waals surface area contributed by atoms with Gasteiger partial charge in [-0.25, -0.2) is 4.79 Å². The first-order valence-corrected chi connectivity index (χ1v) is 11.9. The molecule has 9 N–H and O–H groups in total. The van der Waals surface area contributed by atoms with E-state index >= 15 is 0 Å². The molecule has 3 unspecified atom stereocenters. The van der Waals surface area contributed by atoms with Crippen LogP contribution in [-0.2, 0) is 36.8 Å². The summed E-state index contributed by atoms with van der Waals surface area (Å²) in [6.45, 7) is -0.584. The number of aromatic amines is 1. The molecule has 0 aliphatic heterocycles. The first-order chi connectivity index (χ1) is 18.5. The van der Waals surface area contributed by atoms with Crippen molar-refractivity contribution < 1.29 is 39.3 Å². The normalized spacial score (nSPS) is 13.2. The number of para-hydroxylation sites is 1. The number of fused-ring (bicyclic) bond motifs is 1. The van der Waals surface area contributed by atoms with Gasteiger partial charge in [-0.1, -0.05) is 30.3 Å². The standard InChI is InChI=1S/C26H29N5O8/c27-18(11-23(34)35)24(36)29-13-22(33)30-20(10-15-12-28-19-4-2-1-3-17(15)19)25(37)31-21(26(38)39)9-14-5-7-16(32)8-6-14/h1-8,12,18,20-21,28,32H,9-11,13,27H2,(H,29,36)(H,30,33)(H,31,37)(H,34,35)(H,38,39). The molecule has 3 rings (SSSR count). The van der Waals surface area contributed by atoms with E-state index in [2.05, 4.69) is 20.9 Å². The fourth-order valence-corrected chi connectivity index (χ4v) is 3.89. The molecule has 13 heteroatoms. The van der Waals surface area contributed by atoms with Crippen LogP contribution in [0.4, 0.5) is 0 Å². The number of carboxylic acid groups (broad SMARTS) is 2. The maximum Gasteiger partial charge on any atom is 0.326 e. The minimum Gasteiger partial charge on any atom is -0.508 e. The van der Waals surface area contributed by atoms with E-state index in [0.29, 0.717) is 11.1 Å². The topological polar surface area (TPSA) is 224 Å². The molecule has 3 amide bonds. The van der Waals surface area contributed by atoms with Gasteiger partial charge in [-0.05, 0) is 29.3 Å². The van der Waals surface area contributed by atoms with E-state index in [1.54, 1.807) is 12.3 Å². The van der Waals surface area contributed by atoms with Crippen LogP contribution in [0.15, 0.2) is 54.7 Å². The van der Waals surface area contributed by atoms with E-state index in [1.807, 2.05) is 18.2 Å². The fraction of sp³-hybridized carbons (Fsp3) is 0.269. The Kier molecular flexibility index (Phi) is 9.59. The maximum atomic E-state index is 13.3. The van der Waals surface area contributed by atoms with Crippen LogP contribution < -0.4 is 21.7 Å². The zero-order valence-electron chi connectivity index (χ0n) is 20.7. The summed E-state index contributed by atoms with van der Waals surface area (Å²) in [5.41, 5.74) is 7.53. The third kappa shape index (κ3) is 8.30. The van der Waals surface area contributed by atoms with Gasteiger partial charge in [0.05, 0.1) is 19.0 Å². The van der Waals surface area contributed by atoms with Crippen LogP contribution in [0.25, 0.3) is 10.9 Å². The van der Waals surface area contributed by atoms with Crippen molar-refractivity contribution >= 4 is 40.6 Å². The Hall–Kier alpha value is -4.91. The van der Waals surface area contributed by atoms with Gasteiger partial charge in [0, 0.05) is 29.9 Å². The molecular formula is C26H29N5O8. The Labute approximate surface area is 222 Å². The average molecular weight is 540 g/mol. The molecule has 0 saturated heterocycles. The van der Waals surface area contributed by atoms with Crippen molar-refractivity contribution in [1.29, 1.82) is 0 Å². The molecule has 3 atom stereocenters. The predicted octanol–water partition coefficient (Wildman–Crippen LogP) is -0.369. The molecule has 0 bridgehead atoms. The third-order valence-electron chi connectivity index (χ3n) is 5.90. The second-order valence-electron chi connectivity index (χ2n) is 8.88. The Bertz CT molecular complexity index is 1350. The molecule has 1 aromatic heterocycles. The van der Waals surface area contributed by atoms with Crippen molar-refractivity contribution in [3.63, 3.8) is 0 Å². The van der Waals surface area contributed by atoms with Gasteiger partial charge in [-0.15, -0.1) is 0 Å². The van der Waals surface area contributed by atoms with Crippen molar-refractivity contribution in [2.45, 2.75) is 37.4 Å². The van der Waals surface area contributed by atoms with Gasteiger partial charge in [0.2, 0.25) is 17.7 Å². The molecule has 206 valence electrons. The average Bonchev–Trinajstić information content (AvgIpc) is 3.30. The number of phenolic OH excluding ortho intramolecular Hbond substituents is 1. The van der Waals surface area contributed by atoms with Crippen LogP contribution in [0.2, 0.25) is 0 Å². The van der Waals surface area contributed by atoms with Crippen LogP contribution in [0.3, 0.4) is 0 Å². The van der Waals surface area contributed by atoms with Gasteiger partial charge in [-0.2, -0.15) is 0 Å². The van der Waals surface area contributed by atoms with Crippen LogP contribution in [0, 0.1) is 0 Å². The van der Waals surface area contributed by atoms with Crippen molar-refractivity contribution in [3.8, 4) is 5.75 Å². The number of hydrogen-bond acceptors (Lipinski definition) is 7. The van der Waals surface area contributed by atoms with Crippen LogP contribution in [0.1, 0.15) is 17.5 Å². The van der Waals surface area contributed by atoms with Gasteiger partial charge in [0.25, 0.3) is 0 Å². The Morgan fingerprint density at radius 3 is 2.23 bits per heavy atom. The van der Waals surface area contributed by atoms with Crippen molar-refractivity contribution in [2.24, 2.45) is 5.73 Å². The number of carbonyl (C=O) groups is 5. The van der Waals surface area contributed by atoms with Crippen molar-refractivity contribution in [1.82, 2.24) is 20.9 Å². The molecule has 0 saturated carbocycles. The minimum atomic E-state index is -1.36. The van der Waals surface area contributed by atoms with Gasteiger partial charge in [0.15, 0.2) is 0 Å². The lowest BCUT2D eigenvalue weighted by Crippen LogP contribution is -2.55. The molecule has 1 heterocycles. The quantitative estimate of drug-likeness (QED) is 0.142. The van der Waals surface area contributed by atoms with E-state index in [4.69, 9.17) is 10.8 Å². The summed E-state index contributed by atoms with van der Waals surface area (Å²) in [5.74, 6) is -4.96. The van der Waals surface area contributed by atoms with Crippen LogP contribution >= 0.6 is 0 Å². The van der Waals surface area contributed by atoms with E-state index in [0.717, 1.165) is 10.9 Å². The number of benzene rings is 2. The summed E-state index contributed by atoms with van der Waals surface area (Å²) in [6, 6.07) is 9.22. The zero-order valence-corrected chi connectivity index (χ0v) is 20.7. The van der Waals surface area contributed by atoms with Crippen molar-refractivity contribution in [3.05, 3.63) is 65.9 Å². The number of rotatable bonds is 13. The van der Waals surface area contributed by atoms with Gasteiger partial charge in [-0.3, -0.25) is 19.2 Å². The number of aromatic nitrogens is 1. The first-order valence-electron chi connectivity index (χ1n) is 11.9. The van der Waals surface area contributed by atoms with Crippen molar-refractivity contribution in [2.75, 3.05) is 6.54 Å². The number of amides is 3. The Morgan fingerprint density at radius 2 is 1.56 bits per heavy atom. The van der Waals surface area contributed by atoms with E-state index in [9.17, 15) is 34.2 Å². The number of nitrogens with one attached hydrogen (secondary N) is 4. The number of hydrogen-bond donors (Lipinski definition) is 8. The maximum absolute atomic E-state index is 13.3. The molecule has 0 spiro atoms. The number of carbonyl (C=O) groups excluding carboxylic acids is 3. The van der Waals surface area contributed by atoms with E-state index < -0.39 is 60.8 Å². The number of carboxylic acids is 2. The highest BCUT2D eigenvalue weighted by Gasteiger charge is 2.28. The van der Waals surface area contributed by atoms with Gasteiger partial charge in [0.1, 0.15) is 17.8 Å². The van der Waals surface area contributed by atoms with Crippen LogP contribution in [0.5, 0.6) is 5.75 Å². The van der Waals surface area contributed by atoms with E-state index in [1.165, 1.54) is 24.3 Å².